The molecule has 2 aromatic rings. The highest BCUT2D eigenvalue weighted by atomic mass is 32.1. The Morgan fingerprint density at radius 3 is 3.20 bits per heavy atom. The third-order valence-electron chi connectivity index (χ3n) is 1.72. The average Bonchev–Trinajstić information content (AvgIpc) is 2.85. The molecule has 80 valence electrons. The number of aliphatic hydroxyl groups excluding tert-OH is 1. The van der Waals surface area contributed by atoms with Crippen molar-refractivity contribution in [3.63, 3.8) is 0 Å². The minimum absolute atomic E-state index is 0.0645. The number of hydrogen-bond donors (Lipinski definition) is 2. The fourth-order valence-corrected chi connectivity index (χ4v) is 1.47. The van der Waals surface area contributed by atoms with Gasteiger partial charge < -0.3 is 10.4 Å². The Labute approximate surface area is 89.9 Å². The van der Waals surface area contributed by atoms with E-state index in [1.165, 1.54) is 11.5 Å². The third-order valence-corrected chi connectivity index (χ3v) is 2.34. The van der Waals surface area contributed by atoms with E-state index in [-0.39, 0.29) is 6.61 Å². The zero-order valence-corrected chi connectivity index (χ0v) is 8.68. The Balaban J connectivity index is 1.88. The van der Waals surface area contributed by atoms with Gasteiger partial charge in [0.1, 0.15) is 10.7 Å². The molecule has 0 saturated heterocycles. The molecule has 0 aliphatic rings. The lowest BCUT2D eigenvalue weighted by Gasteiger charge is -1.96. The number of aromatic nitrogens is 5. The van der Waals surface area contributed by atoms with E-state index in [4.69, 9.17) is 5.11 Å². The fourth-order valence-electron chi connectivity index (χ4n) is 1.05. The summed E-state index contributed by atoms with van der Waals surface area (Å²) >= 11 is 1.29. The van der Waals surface area contributed by atoms with E-state index in [0.717, 1.165) is 10.7 Å². The van der Waals surface area contributed by atoms with Crippen LogP contribution < -0.4 is 5.32 Å². The standard InChI is InChI=1S/C7H10N6OS/c14-2-1-13-5-6(10-11-13)3-8-7-4-9-12-15-7/h4-5,8,14H,1-3H2. The van der Waals surface area contributed by atoms with Crippen molar-refractivity contribution in [3.05, 3.63) is 18.1 Å². The molecule has 2 aromatic heterocycles. The summed E-state index contributed by atoms with van der Waals surface area (Å²) in [6.45, 7) is 1.11. The predicted octanol–water partition coefficient (Wildman–Crippen LogP) is -0.266. The molecule has 7 nitrogen and oxygen atoms in total. The Kier molecular flexibility index (Phi) is 3.20. The molecule has 0 aromatic carbocycles. The number of aliphatic hydroxyl groups is 1. The van der Waals surface area contributed by atoms with Crippen molar-refractivity contribution in [1.29, 1.82) is 0 Å². The van der Waals surface area contributed by atoms with Gasteiger partial charge in [0, 0.05) is 11.5 Å². The second-order valence-corrected chi connectivity index (χ2v) is 3.62. The molecule has 0 unspecified atom stereocenters. The smallest absolute Gasteiger partial charge is 0.130 e. The molecule has 2 N–H and O–H groups in total. The molecular weight excluding hydrogens is 216 g/mol. The molecule has 0 radical (unpaired) electrons. The minimum Gasteiger partial charge on any atom is -0.394 e. The van der Waals surface area contributed by atoms with Gasteiger partial charge in [0.2, 0.25) is 0 Å². The summed E-state index contributed by atoms with van der Waals surface area (Å²) in [6.07, 6.45) is 3.44. The second-order valence-electron chi connectivity index (χ2n) is 2.83. The van der Waals surface area contributed by atoms with Gasteiger partial charge >= 0.3 is 0 Å². The van der Waals surface area contributed by atoms with Crippen LogP contribution in [0.25, 0.3) is 0 Å². The maximum absolute atomic E-state index is 8.69. The van der Waals surface area contributed by atoms with E-state index in [1.54, 1.807) is 17.1 Å². The van der Waals surface area contributed by atoms with E-state index in [0.29, 0.717) is 13.1 Å². The van der Waals surface area contributed by atoms with E-state index < -0.39 is 0 Å². The molecule has 0 aliphatic heterocycles. The van der Waals surface area contributed by atoms with Crippen LogP contribution in [0.5, 0.6) is 0 Å². The highest BCUT2D eigenvalue weighted by Crippen LogP contribution is 2.09. The van der Waals surface area contributed by atoms with E-state index in [2.05, 4.69) is 25.2 Å². The highest BCUT2D eigenvalue weighted by Gasteiger charge is 2.01. The van der Waals surface area contributed by atoms with Crippen LogP contribution in [-0.4, -0.2) is 36.3 Å². The average molecular weight is 226 g/mol. The van der Waals surface area contributed by atoms with Gasteiger partial charge in [-0.1, -0.05) is 9.70 Å². The SMILES string of the molecule is OCCn1cc(CNc2cnns2)nn1. The Morgan fingerprint density at radius 1 is 1.53 bits per heavy atom. The second kappa shape index (κ2) is 4.80. The van der Waals surface area contributed by atoms with Crippen LogP contribution in [0, 0.1) is 0 Å². The Bertz CT molecular complexity index is 399. The van der Waals surface area contributed by atoms with E-state index in [1.807, 2.05) is 0 Å². The molecule has 0 bridgehead atoms. The maximum Gasteiger partial charge on any atom is 0.130 e. The number of hydrogen-bond acceptors (Lipinski definition) is 7. The molecule has 8 heteroatoms. The molecule has 0 amide bonds. The summed E-state index contributed by atoms with van der Waals surface area (Å²) in [5.41, 5.74) is 0.817. The summed E-state index contributed by atoms with van der Waals surface area (Å²) in [5, 5.41) is 24.2. The molecular formula is C7H10N6OS. The van der Waals surface area contributed by atoms with Crippen LogP contribution in [-0.2, 0) is 13.1 Å². The fraction of sp³-hybridized carbons (Fsp3) is 0.429. The number of anilines is 1. The van der Waals surface area contributed by atoms with Crippen LogP contribution in [0.4, 0.5) is 5.00 Å². The first-order valence-corrected chi connectivity index (χ1v) is 5.17. The van der Waals surface area contributed by atoms with Gasteiger partial charge in [0.15, 0.2) is 0 Å². The van der Waals surface area contributed by atoms with Gasteiger partial charge in [-0.05, 0) is 0 Å². The van der Waals surface area contributed by atoms with Crippen molar-refractivity contribution in [3.8, 4) is 0 Å². The quantitative estimate of drug-likeness (QED) is 0.729. The highest BCUT2D eigenvalue weighted by molar-refractivity contribution is 7.09. The lowest BCUT2D eigenvalue weighted by Crippen LogP contribution is -2.02. The van der Waals surface area contributed by atoms with E-state index in [9.17, 15) is 0 Å². The topological polar surface area (TPSA) is 88.8 Å². The predicted molar refractivity (Wildman–Crippen MR) is 54.3 cm³/mol. The molecule has 0 spiro atoms. The van der Waals surface area contributed by atoms with Crippen molar-refractivity contribution in [1.82, 2.24) is 24.6 Å². The minimum atomic E-state index is 0.0645. The number of nitrogens with zero attached hydrogens (tertiary/aromatic N) is 5. The largest absolute Gasteiger partial charge is 0.394 e. The molecule has 0 aliphatic carbocycles. The van der Waals surface area contributed by atoms with Crippen LogP contribution >= 0.6 is 11.5 Å². The monoisotopic (exact) mass is 226 g/mol. The van der Waals surface area contributed by atoms with Gasteiger partial charge in [-0.25, -0.2) is 4.68 Å². The Morgan fingerprint density at radius 2 is 2.47 bits per heavy atom. The first-order chi connectivity index (χ1) is 7.38. The molecule has 2 heterocycles. The summed E-state index contributed by atoms with van der Waals surface area (Å²) in [5.74, 6) is 0. The number of nitrogens with one attached hydrogen (secondary N) is 1. The van der Waals surface area contributed by atoms with Gasteiger partial charge in [0.05, 0.1) is 32.1 Å². The molecule has 0 atom stereocenters. The number of rotatable bonds is 5. The molecule has 0 fully saturated rings. The van der Waals surface area contributed by atoms with Gasteiger partial charge in [-0.2, -0.15) is 0 Å². The van der Waals surface area contributed by atoms with Gasteiger partial charge in [0.25, 0.3) is 0 Å². The third kappa shape index (κ3) is 2.70. The summed E-state index contributed by atoms with van der Waals surface area (Å²) < 4.78 is 5.32. The van der Waals surface area contributed by atoms with Crippen molar-refractivity contribution >= 4 is 16.5 Å². The molecule has 15 heavy (non-hydrogen) atoms. The summed E-state index contributed by atoms with van der Waals surface area (Å²) in [4.78, 5) is 0. The van der Waals surface area contributed by atoms with Crippen LogP contribution in [0.2, 0.25) is 0 Å². The zero-order chi connectivity index (χ0) is 10.5. The van der Waals surface area contributed by atoms with Crippen molar-refractivity contribution in [2.45, 2.75) is 13.1 Å². The Hall–Kier alpha value is -1.54. The lowest BCUT2D eigenvalue weighted by molar-refractivity contribution is 0.268. The summed E-state index contributed by atoms with van der Waals surface area (Å²) in [7, 11) is 0. The van der Waals surface area contributed by atoms with Crippen LogP contribution in [0.3, 0.4) is 0 Å². The first kappa shape index (κ1) is 9.99. The summed E-state index contributed by atoms with van der Waals surface area (Å²) in [6, 6.07) is 0. The van der Waals surface area contributed by atoms with Gasteiger partial charge in [-0.3, -0.25) is 0 Å². The first-order valence-electron chi connectivity index (χ1n) is 4.39. The zero-order valence-electron chi connectivity index (χ0n) is 7.87. The van der Waals surface area contributed by atoms with Crippen molar-refractivity contribution < 1.29 is 5.11 Å². The van der Waals surface area contributed by atoms with E-state index >= 15 is 0 Å². The van der Waals surface area contributed by atoms with Crippen LogP contribution in [0.15, 0.2) is 12.4 Å². The molecule has 2 rings (SSSR count). The van der Waals surface area contributed by atoms with Gasteiger partial charge in [-0.15, -0.1) is 10.2 Å². The maximum atomic E-state index is 8.69. The lowest BCUT2D eigenvalue weighted by atomic mass is 10.5. The normalized spacial score (nSPS) is 10.5. The van der Waals surface area contributed by atoms with Crippen molar-refractivity contribution in [2.24, 2.45) is 0 Å². The molecule has 0 saturated carbocycles. The van der Waals surface area contributed by atoms with Crippen LogP contribution in [0.1, 0.15) is 5.69 Å². The van der Waals surface area contributed by atoms with Crippen molar-refractivity contribution in [2.75, 3.05) is 11.9 Å².